The van der Waals surface area contributed by atoms with Crippen LogP contribution in [0.5, 0.6) is 0 Å². The highest BCUT2D eigenvalue weighted by Gasteiger charge is 2.05. The third-order valence-electron chi connectivity index (χ3n) is 2.56. The van der Waals surface area contributed by atoms with Crippen LogP contribution in [0.15, 0.2) is 21.1 Å². The molecule has 3 nitrogen and oxygen atoms in total. The Morgan fingerprint density at radius 2 is 1.83 bits per heavy atom. The zero-order chi connectivity index (χ0) is 13.5. The van der Waals surface area contributed by atoms with E-state index in [4.69, 9.17) is 5.11 Å². The number of carboxylic acids is 1. The summed E-state index contributed by atoms with van der Waals surface area (Å²) < 4.78 is 2.08. The lowest BCUT2D eigenvalue weighted by atomic mass is 10.2. The number of hydrogen-bond acceptors (Lipinski definition) is 2. The summed E-state index contributed by atoms with van der Waals surface area (Å²) in [6.45, 7) is 2.89. The van der Waals surface area contributed by atoms with Gasteiger partial charge in [0.25, 0.3) is 0 Å². The summed E-state index contributed by atoms with van der Waals surface area (Å²) in [7, 11) is 0. The first kappa shape index (κ1) is 15.5. The molecule has 1 aromatic carbocycles. The van der Waals surface area contributed by atoms with Crippen LogP contribution in [0.2, 0.25) is 0 Å². The molecule has 2 N–H and O–H groups in total. The lowest BCUT2D eigenvalue weighted by Crippen LogP contribution is -2.03. The lowest BCUT2D eigenvalue weighted by molar-refractivity contribution is -0.137. The van der Waals surface area contributed by atoms with E-state index in [0.29, 0.717) is 0 Å². The second-order valence-corrected chi connectivity index (χ2v) is 5.94. The minimum atomic E-state index is -0.716. The Morgan fingerprint density at radius 3 is 2.39 bits per heavy atom. The number of aryl methyl sites for hydroxylation is 1. The molecule has 0 fully saturated rings. The Hall–Kier alpha value is -0.550. The predicted molar refractivity (Wildman–Crippen MR) is 81.2 cm³/mol. The molecular weight excluding hydrogens is 362 g/mol. The summed E-state index contributed by atoms with van der Waals surface area (Å²) in [6, 6.07) is 4.13. The van der Waals surface area contributed by atoms with Crippen LogP contribution in [-0.4, -0.2) is 17.6 Å². The Labute approximate surface area is 124 Å². The average molecular weight is 379 g/mol. The molecule has 0 saturated heterocycles. The van der Waals surface area contributed by atoms with Gasteiger partial charge in [0.2, 0.25) is 0 Å². The van der Waals surface area contributed by atoms with E-state index in [9.17, 15) is 4.79 Å². The highest BCUT2D eigenvalue weighted by molar-refractivity contribution is 9.11. The Balaban J connectivity index is 2.33. The van der Waals surface area contributed by atoms with Crippen LogP contribution in [0, 0.1) is 6.92 Å². The predicted octanol–water partition coefficient (Wildman–Crippen LogP) is 4.58. The van der Waals surface area contributed by atoms with Crippen molar-refractivity contribution in [1.82, 2.24) is 0 Å². The van der Waals surface area contributed by atoms with Crippen LogP contribution in [0.1, 0.15) is 31.2 Å². The van der Waals surface area contributed by atoms with Crippen molar-refractivity contribution < 1.29 is 9.90 Å². The zero-order valence-corrected chi connectivity index (χ0v) is 13.5. The van der Waals surface area contributed by atoms with Crippen molar-refractivity contribution in [2.45, 2.75) is 32.6 Å². The maximum atomic E-state index is 10.3. The molecule has 5 heteroatoms. The highest BCUT2D eigenvalue weighted by Crippen LogP contribution is 2.32. The fourth-order valence-corrected chi connectivity index (χ4v) is 3.36. The summed E-state index contributed by atoms with van der Waals surface area (Å²) in [5.41, 5.74) is 2.25. The van der Waals surface area contributed by atoms with Crippen molar-refractivity contribution in [2.24, 2.45) is 0 Å². The molecular formula is C13H17Br2NO2. The minimum absolute atomic E-state index is 0.262. The van der Waals surface area contributed by atoms with Gasteiger partial charge in [0.05, 0.1) is 5.69 Å². The van der Waals surface area contributed by atoms with Crippen LogP contribution >= 0.6 is 31.9 Å². The van der Waals surface area contributed by atoms with Gasteiger partial charge in [0.15, 0.2) is 0 Å². The molecule has 0 unspecified atom stereocenters. The number of nitrogens with one attached hydrogen (secondary N) is 1. The first-order chi connectivity index (χ1) is 8.50. The fourth-order valence-electron chi connectivity index (χ4n) is 1.66. The van der Waals surface area contributed by atoms with E-state index in [1.807, 2.05) is 6.92 Å². The monoisotopic (exact) mass is 377 g/mol. The van der Waals surface area contributed by atoms with E-state index in [0.717, 1.165) is 40.4 Å². The van der Waals surface area contributed by atoms with Crippen molar-refractivity contribution in [3.63, 3.8) is 0 Å². The number of carboxylic acid groups (broad SMARTS) is 1. The topological polar surface area (TPSA) is 49.3 Å². The average Bonchev–Trinajstić information content (AvgIpc) is 2.25. The van der Waals surface area contributed by atoms with Gasteiger partial charge < -0.3 is 10.4 Å². The van der Waals surface area contributed by atoms with E-state index in [-0.39, 0.29) is 6.42 Å². The molecule has 0 aromatic heterocycles. The SMILES string of the molecule is Cc1cc(Br)c(NCCCCCC(=O)O)c(Br)c1. The maximum absolute atomic E-state index is 10.3. The molecule has 0 heterocycles. The van der Waals surface area contributed by atoms with E-state index >= 15 is 0 Å². The molecule has 0 spiro atoms. The Bertz CT molecular complexity index is 398. The quantitative estimate of drug-likeness (QED) is 0.683. The number of halogens is 2. The Kier molecular flexibility index (Phi) is 6.71. The van der Waals surface area contributed by atoms with Crippen LogP contribution in [-0.2, 0) is 4.79 Å². The second kappa shape index (κ2) is 7.79. The summed E-state index contributed by atoms with van der Waals surface area (Å²) >= 11 is 7.06. The number of anilines is 1. The molecule has 18 heavy (non-hydrogen) atoms. The van der Waals surface area contributed by atoms with Gasteiger partial charge >= 0.3 is 5.97 Å². The molecule has 1 aromatic rings. The largest absolute Gasteiger partial charge is 0.481 e. The molecule has 0 radical (unpaired) electrons. The van der Waals surface area contributed by atoms with Crippen molar-refractivity contribution in [3.05, 3.63) is 26.6 Å². The van der Waals surface area contributed by atoms with Crippen molar-refractivity contribution in [3.8, 4) is 0 Å². The van der Waals surface area contributed by atoms with Crippen molar-refractivity contribution in [1.29, 1.82) is 0 Å². The summed E-state index contributed by atoms with van der Waals surface area (Å²) in [4.78, 5) is 10.3. The number of unbranched alkanes of at least 4 members (excludes halogenated alkanes) is 2. The Morgan fingerprint density at radius 1 is 1.22 bits per heavy atom. The molecule has 0 aliphatic carbocycles. The van der Waals surface area contributed by atoms with Crippen LogP contribution < -0.4 is 5.32 Å². The minimum Gasteiger partial charge on any atom is -0.481 e. The normalized spacial score (nSPS) is 10.4. The smallest absolute Gasteiger partial charge is 0.303 e. The van der Waals surface area contributed by atoms with Gasteiger partial charge in [0.1, 0.15) is 0 Å². The van der Waals surface area contributed by atoms with Gasteiger partial charge in [0, 0.05) is 21.9 Å². The standard InChI is InChI=1S/C13H17Br2NO2/c1-9-7-10(14)13(11(15)8-9)16-6-4-2-3-5-12(17)18/h7-8,16H,2-6H2,1H3,(H,17,18). The molecule has 1 rings (SSSR count). The lowest BCUT2D eigenvalue weighted by Gasteiger charge is -2.11. The second-order valence-electron chi connectivity index (χ2n) is 4.23. The van der Waals surface area contributed by atoms with Gasteiger partial charge in [-0.3, -0.25) is 4.79 Å². The summed E-state index contributed by atoms with van der Waals surface area (Å²) in [5, 5.41) is 11.9. The number of carbonyl (C=O) groups is 1. The summed E-state index contributed by atoms with van der Waals surface area (Å²) in [5.74, 6) is -0.716. The van der Waals surface area contributed by atoms with Crippen LogP contribution in [0.4, 0.5) is 5.69 Å². The van der Waals surface area contributed by atoms with Gasteiger partial charge in [-0.05, 0) is 69.3 Å². The molecule has 0 amide bonds. The molecule has 0 atom stereocenters. The fraction of sp³-hybridized carbons (Fsp3) is 0.462. The van der Waals surface area contributed by atoms with Gasteiger partial charge in [-0.1, -0.05) is 6.42 Å². The van der Waals surface area contributed by atoms with E-state index in [2.05, 4.69) is 49.3 Å². The van der Waals surface area contributed by atoms with Crippen molar-refractivity contribution >= 4 is 43.5 Å². The number of aliphatic carboxylic acids is 1. The van der Waals surface area contributed by atoms with Gasteiger partial charge in [-0.25, -0.2) is 0 Å². The third-order valence-corrected chi connectivity index (χ3v) is 3.81. The van der Waals surface area contributed by atoms with Gasteiger partial charge in [-0.2, -0.15) is 0 Å². The number of benzene rings is 1. The van der Waals surface area contributed by atoms with Crippen LogP contribution in [0.3, 0.4) is 0 Å². The molecule has 0 aliphatic heterocycles. The molecule has 0 saturated carbocycles. The van der Waals surface area contributed by atoms with Crippen molar-refractivity contribution in [2.75, 3.05) is 11.9 Å². The first-order valence-electron chi connectivity index (χ1n) is 5.92. The highest BCUT2D eigenvalue weighted by atomic mass is 79.9. The van der Waals surface area contributed by atoms with E-state index in [1.54, 1.807) is 0 Å². The number of hydrogen-bond donors (Lipinski definition) is 2. The van der Waals surface area contributed by atoms with E-state index < -0.39 is 5.97 Å². The first-order valence-corrected chi connectivity index (χ1v) is 7.50. The molecule has 0 bridgehead atoms. The van der Waals surface area contributed by atoms with E-state index in [1.165, 1.54) is 5.56 Å². The molecule has 0 aliphatic rings. The zero-order valence-electron chi connectivity index (χ0n) is 10.3. The maximum Gasteiger partial charge on any atom is 0.303 e. The summed E-state index contributed by atoms with van der Waals surface area (Å²) in [6.07, 6.45) is 2.91. The third kappa shape index (κ3) is 5.40. The van der Waals surface area contributed by atoms with Crippen LogP contribution in [0.25, 0.3) is 0 Å². The van der Waals surface area contributed by atoms with Gasteiger partial charge in [-0.15, -0.1) is 0 Å². The molecule has 100 valence electrons. The number of rotatable bonds is 7.